The summed E-state index contributed by atoms with van der Waals surface area (Å²) in [5, 5.41) is 0. The molecule has 1 unspecified atom stereocenters. The number of halogens is 4. The van der Waals surface area contributed by atoms with Crippen molar-refractivity contribution in [1.82, 2.24) is 4.57 Å². The van der Waals surface area contributed by atoms with Crippen LogP contribution in [0.1, 0.15) is 6.92 Å². The van der Waals surface area contributed by atoms with Crippen LogP contribution in [0.2, 0.25) is 0 Å². The number of rotatable bonds is 2. The number of hydrogen-bond donors (Lipinski definition) is 0. The van der Waals surface area contributed by atoms with Gasteiger partial charge in [-0.15, -0.1) is 0 Å². The number of imidazole rings is 1. The van der Waals surface area contributed by atoms with Gasteiger partial charge in [-0.2, -0.15) is 13.2 Å². The first-order valence-electron chi connectivity index (χ1n) is 4.65. The third-order valence-electron chi connectivity index (χ3n) is 1.70. The van der Waals surface area contributed by atoms with Crippen LogP contribution in [0.3, 0.4) is 0 Å². The molecule has 0 fully saturated rings. The lowest BCUT2D eigenvalue weighted by atomic mass is 10.7. The van der Waals surface area contributed by atoms with Crippen LogP contribution in [-0.4, -0.2) is 29.2 Å². The third kappa shape index (κ3) is 5.96. The number of aryl methyl sites for hydroxylation is 2. The minimum absolute atomic E-state index is 1.06. The molecule has 0 aliphatic heterocycles. The highest BCUT2D eigenvalue weighted by molar-refractivity contribution is 7.86. The van der Waals surface area contributed by atoms with E-state index in [1.165, 1.54) is 0 Å². The Morgan fingerprint density at radius 3 is 2.06 bits per heavy atom. The van der Waals surface area contributed by atoms with Gasteiger partial charge in [0.05, 0.1) is 13.6 Å². The van der Waals surface area contributed by atoms with Gasteiger partial charge in [-0.1, -0.05) is 0 Å². The number of hydrogen-bond acceptors (Lipinski definition) is 3. The Bertz CT molecular complexity index is 469. The van der Waals surface area contributed by atoms with Crippen LogP contribution < -0.4 is 4.57 Å². The van der Waals surface area contributed by atoms with E-state index in [9.17, 15) is 30.5 Å². The minimum atomic E-state index is -5.90. The predicted octanol–water partition coefficient (Wildman–Crippen LogP) is 0.722. The Kier molecular flexibility index (Phi) is 5.74. The average molecular weight is 292 g/mol. The topological polar surface area (TPSA) is 66.0 Å². The molecular weight excluding hydrogens is 280 g/mol. The van der Waals surface area contributed by atoms with Crippen molar-refractivity contribution in [3.05, 3.63) is 18.7 Å². The van der Waals surface area contributed by atoms with Gasteiger partial charge < -0.3 is 4.55 Å². The van der Waals surface area contributed by atoms with Crippen LogP contribution in [0.25, 0.3) is 0 Å². The summed E-state index contributed by atoms with van der Waals surface area (Å²) in [5.41, 5.74) is -4.32. The zero-order valence-electron chi connectivity index (χ0n) is 9.56. The van der Waals surface area contributed by atoms with Crippen molar-refractivity contribution in [3.8, 4) is 0 Å². The largest absolute Gasteiger partial charge is 0.745 e. The van der Waals surface area contributed by atoms with Crippen molar-refractivity contribution in [3.63, 3.8) is 0 Å². The molecule has 0 spiro atoms. The second-order valence-corrected chi connectivity index (χ2v) is 4.66. The molecule has 1 rings (SSSR count). The van der Waals surface area contributed by atoms with E-state index in [-0.39, 0.29) is 0 Å². The van der Waals surface area contributed by atoms with E-state index in [1.54, 1.807) is 0 Å². The summed E-state index contributed by atoms with van der Waals surface area (Å²) in [7, 11) is -3.88. The Hall–Kier alpha value is -1.16. The summed E-state index contributed by atoms with van der Waals surface area (Å²) in [6.45, 7) is 3.18. The number of aromatic nitrogens is 2. The Morgan fingerprint density at radius 2 is 1.94 bits per heavy atom. The van der Waals surface area contributed by atoms with Crippen molar-refractivity contribution in [2.45, 2.75) is 25.1 Å². The summed E-state index contributed by atoms with van der Waals surface area (Å²) in [5.74, 6) is 0. The second-order valence-electron chi connectivity index (χ2n) is 3.26. The highest BCUT2D eigenvalue weighted by Crippen LogP contribution is 2.25. The summed E-state index contributed by atoms with van der Waals surface area (Å²) in [6, 6.07) is 0. The van der Waals surface area contributed by atoms with Crippen molar-refractivity contribution >= 4 is 10.1 Å². The molecule has 0 aromatic carbocycles. The van der Waals surface area contributed by atoms with Crippen LogP contribution in [-0.2, 0) is 23.7 Å². The molecule has 0 saturated heterocycles. The van der Waals surface area contributed by atoms with Gasteiger partial charge in [0.15, 0.2) is 0 Å². The van der Waals surface area contributed by atoms with Gasteiger partial charge in [0.25, 0.3) is 5.50 Å². The molecule has 1 atom stereocenters. The molecule has 1 aromatic rings. The zero-order chi connectivity index (χ0) is 14.6. The molecule has 106 valence electrons. The highest BCUT2D eigenvalue weighted by atomic mass is 32.2. The van der Waals surface area contributed by atoms with Gasteiger partial charge in [-0.05, 0) is 6.92 Å². The van der Waals surface area contributed by atoms with Crippen LogP contribution in [0.15, 0.2) is 18.7 Å². The molecule has 10 heteroatoms. The highest BCUT2D eigenvalue weighted by Gasteiger charge is 2.45. The first-order chi connectivity index (χ1) is 7.98. The number of nitrogens with zero attached hydrogens (tertiary/aromatic N) is 2. The van der Waals surface area contributed by atoms with Crippen LogP contribution >= 0.6 is 0 Å². The van der Waals surface area contributed by atoms with E-state index >= 15 is 0 Å². The molecule has 0 N–H and O–H groups in total. The molecular formula is C8H12F4N2O3S. The fourth-order valence-electron chi connectivity index (χ4n) is 0.852. The molecule has 0 bridgehead atoms. The Morgan fingerprint density at radius 1 is 1.44 bits per heavy atom. The summed E-state index contributed by atoms with van der Waals surface area (Å²) >= 11 is 0. The monoisotopic (exact) mass is 292 g/mol. The fourth-order valence-corrected chi connectivity index (χ4v) is 1.18. The molecule has 0 aliphatic carbocycles. The predicted molar refractivity (Wildman–Crippen MR) is 51.9 cm³/mol. The maximum atomic E-state index is 11.4. The van der Waals surface area contributed by atoms with Gasteiger partial charge >= 0.3 is 6.18 Å². The van der Waals surface area contributed by atoms with Crippen LogP contribution in [0.4, 0.5) is 17.6 Å². The Labute approximate surface area is 101 Å². The summed E-state index contributed by atoms with van der Waals surface area (Å²) < 4.78 is 76.5. The van der Waals surface area contributed by atoms with E-state index in [0.717, 1.165) is 6.54 Å². The summed E-state index contributed by atoms with van der Waals surface area (Å²) in [6.07, 6.45) is 0.518. The third-order valence-corrected chi connectivity index (χ3v) is 2.47. The quantitative estimate of drug-likeness (QED) is 0.458. The average Bonchev–Trinajstić information content (AvgIpc) is 2.61. The molecule has 0 aliphatic rings. The van der Waals surface area contributed by atoms with Crippen molar-refractivity contribution < 1.29 is 35.1 Å². The summed E-state index contributed by atoms with van der Waals surface area (Å²) in [4.78, 5) is 0. The first-order valence-corrected chi connectivity index (χ1v) is 6.12. The van der Waals surface area contributed by atoms with Crippen LogP contribution in [0.5, 0.6) is 0 Å². The lowest BCUT2D eigenvalue weighted by molar-refractivity contribution is -0.671. The number of alkyl halides is 4. The van der Waals surface area contributed by atoms with Gasteiger partial charge in [0.1, 0.15) is 22.5 Å². The van der Waals surface area contributed by atoms with E-state index in [0.29, 0.717) is 0 Å². The molecule has 0 radical (unpaired) electrons. The van der Waals surface area contributed by atoms with E-state index in [4.69, 9.17) is 0 Å². The standard InChI is InChI=1S/C6H11N2.C2H2F4O3S/c1-3-8-5-4-7(2)6-8;3-1(2(4,5)6)10(7,8)9/h4-6H,3H2,1-2H3;1H,(H,7,8,9)/q+1;/p-1. The lowest BCUT2D eigenvalue weighted by Gasteiger charge is -2.14. The maximum absolute atomic E-state index is 11.4. The Balaban J connectivity index is 0.000000327. The van der Waals surface area contributed by atoms with Gasteiger partial charge in [-0.3, -0.25) is 0 Å². The normalized spacial score (nSPS) is 13.7. The van der Waals surface area contributed by atoms with Gasteiger partial charge in [0.2, 0.25) is 6.33 Å². The van der Waals surface area contributed by atoms with Gasteiger partial charge in [-0.25, -0.2) is 21.9 Å². The molecule has 5 nitrogen and oxygen atoms in total. The lowest BCUT2D eigenvalue weighted by Crippen LogP contribution is -2.32. The molecule has 0 amide bonds. The molecule has 1 heterocycles. The fraction of sp³-hybridized carbons (Fsp3) is 0.625. The zero-order valence-corrected chi connectivity index (χ0v) is 10.4. The second kappa shape index (κ2) is 6.14. The first kappa shape index (κ1) is 16.8. The van der Waals surface area contributed by atoms with Crippen molar-refractivity contribution in [1.29, 1.82) is 0 Å². The smallest absolute Gasteiger partial charge is 0.433 e. The maximum Gasteiger partial charge on any atom is 0.433 e. The molecule has 0 saturated carbocycles. The van der Waals surface area contributed by atoms with Crippen molar-refractivity contribution in [2.24, 2.45) is 7.05 Å². The van der Waals surface area contributed by atoms with Gasteiger partial charge in [0, 0.05) is 0 Å². The SMILES string of the molecule is CCn1cc[n+](C)c1.O=S(=O)([O-])C(F)C(F)(F)F. The van der Waals surface area contributed by atoms with Crippen molar-refractivity contribution in [2.75, 3.05) is 0 Å². The molecule has 1 aromatic heterocycles. The van der Waals surface area contributed by atoms with E-state index in [1.807, 2.05) is 17.8 Å². The van der Waals surface area contributed by atoms with E-state index < -0.39 is 21.8 Å². The minimum Gasteiger partial charge on any atom is -0.745 e. The van der Waals surface area contributed by atoms with Crippen LogP contribution in [0, 0.1) is 0 Å². The molecule has 18 heavy (non-hydrogen) atoms. The van der Waals surface area contributed by atoms with E-state index in [2.05, 4.69) is 24.0 Å².